The molecule has 1 fully saturated rings. The van der Waals surface area contributed by atoms with Crippen LogP contribution in [0.5, 0.6) is 0 Å². The van der Waals surface area contributed by atoms with Crippen LogP contribution in [0.2, 0.25) is 10.0 Å². The first-order valence-electron chi connectivity index (χ1n) is 9.14. The number of benzene rings is 2. The maximum atomic E-state index is 13.0. The Bertz CT molecular complexity index is 764. The van der Waals surface area contributed by atoms with Gasteiger partial charge in [0.2, 0.25) is 0 Å². The summed E-state index contributed by atoms with van der Waals surface area (Å²) in [7, 11) is 1.52. The van der Waals surface area contributed by atoms with Crippen LogP contribution in [0.15, 0.2) is 48.5 Å². The highest BCUT2D eigenvalue weighted by atomic mass is 35.5. The molecule has 2 atom stereocenters. The average molecular weight is 407 g/mol. The first-order chi connectivity index (χ1) is 13.1. The molecule has 1 heterocycles. The topological polar surface area (TPSA) is 41.6 Å². The van der Waals surface area contributed by atoms with Crippen molar-refractivity contribution in [3.63, 3.8) is 0 Å². The number of halogens is 2. The molecule has 6 heteroatoms. The quantitative estimate of drug-likeness (QED) is 0.728. The zero-order chi connectivity index (χ0) is 19.2. The summed E-state index contributed by atoms with van der Waals surface area (Å²) >= 11 is 12.1. The summed E-state index contributed by atoms with van der Waals surface area (Å²) in [5, 5.41) is 4.02. The maximum absolute atomic E-state index is 13.0. The fourth-order valence-corrected chi connectivity index (χ4v) is 3.77. The highest BCUT2D eigenvalue weighted by Gasteiger charge is 2.26. The van der Waals surface area contributed by atoms with Crippen molar-refractivity contribution >= 4 is 29.1 Å². The fraction of sp³-hybridized carbons (Fsp3) is 0.381. The van der Waals surface area contributed by atoms with Crippen molar-refractivity contribution in [3.05, 3.63) is 69.7 Å². The lowest BCUT2D eigenvalue weighted by Gasteiger charge is -2.27. The number of hydrogen-bond donors (Lipinski definition) is 1. The molecule has 2 unspecified atom stereocenters. The first-order valence-corrected chi connectivity index (χ1v) is 9.89. The van der Waals surface area contributed by atoms with Gasteiger partial charge in [-0.1, -0.05) is 59.6 Å². The third-order valence-corrected chi connectivity index (χ3v) is 5.62. The number of hydrogen-bond acceptors (Lipinski definition) is 3. The molecule has 1 aliphatic heterocycles. The van der Waals surface area contributed by atoms with Crippen LogP contribution in [0.3, 0.4) is 0 Å². The van der Waals surface area contributed by atoms with Crippen molar-refractivity contribution in [2.45, 2.75) is 25.0 Å². The lowest BCUT2D eigenvalue weighted by molar-refractivity contribution is -0.132. The van der Waals surface area contributed by atoms with Gasteiger partial charge in [0.1, 0.15) is 0 Å². The summed E-state index contributed by atoms with van der Waals surface area (Å²) in [4.78, 5) is 15.4. The molecule has 2 aromatic carbocycles. The number of carbonyl (C=O) groups is 1. The molecule has 1 saturated heterocycles. The van der Waals surface area contributed by atoms with E-state index >= 15 is 0 Å². The molecule has 1 amide bonds. The Morgan fingerprint density at radius 2 is 1.78 bits per heavy atom. The molecule has 27 heavy (non-hydrogen) atoms. The Morgan fingerprint density at radius 1 is 1.07 bits per heavy atom. The predicted molar refractivity (Wildman–Crippen MR) is 109 cm³/mol. The van der Waals surface area contributed by atoms with E-state index in [0.717, 1.165) is 25.2 Å². The number of rotatable bonds is 7. The van der Waals surface area contributed by atoms with E-state index in [0.29, 0.717) is 15.6 Å². The molecule has 0 bridgehead atoms. The Kier molecular flexibility index (Phi) is 7.13. The van der Waals surface area contributed by atoms with Gasteiger partial charge in [-0.25, -0.2) is 0 Å². The molecule has 3 rings (SSSR count). The van der Waals surface area contributed by atoms with Gasteiger partial charge in [0.25, 0.3) is 5.91 Å². The summed E-state index contributed by atoms with van der Waals surface area (Å²) in [6.07, 6.45) is 1.67. The fourth-order valence-electron chi connectivity index (χ4n) is 3.46. The highest BCUT2D eigenvalue weighted by molar-refractivity contribution is 6.42. The van der Waals surface area contributed by atoms with Crippen LogP contribution in [0.25, 0.3) is 0 Å². The third-order valence-electron chi connectivity index (χ3n) is 4.88. The lowest BCUT2D eigenvalue weighted by atomic mass is 10.0. The molecule has 0 aromatic heterocycles. The van der Waals surface area contributed by atoms with Gasteiger partial charge >= 0.3 is 0 Å². The first kappa shape index (κ1) is 20.2. The minimum absolute atomic E-state index is 0.0998. The largest absolute Gasteiger partial charge is 0.367 e. The van der Waals surface area contributed by atoms with Crippen molar-refractivity contribution in [3.8, 4) is 0 Å². The molecular formula is C21H24Cl2N2O2. The van der Waals surface area contributed by atoms with Crippen molar-refractivity contribution < 1.29 is 9.53 Å². The number of likely N-dealkylation sites (tertiary alicyclic amines) is 1. The van der Waals surface area contributed by atoms with Gasteiger partial charge in [-0.2, -0.15) is 0 Å². The normalized spacial score (nSPS) is 16.9. The second-order valence-corrected chi connectivity index (χ2v) is 7.58. The Balaban J connectivity index is 1.78. The van der Waals surface area contributed by atoms with E-state index in [-0.39, 0.29) is 11.9 Å². The monoisotopic (exact) mass is 406 g/mol. The lowest BCUT2D eigenvalue weighted by Crippen LogP contribution is -2.39. The Labute approximate surface area is 170 Å². The van der Waals surface area contributed by atoms with E-state index in [2.05, 4.69) is 10.2 Å². The molecule has 0 saturated carbocycles. The second kappa shape index (κ2) is 9.56. The van der Waals surface area contributed by atoms with Gasteiger partial charge in [0.15, 0.2) is 6.10 Å². The summed E-state index contributed by atoms with van der Waals surface area (Å²) in [6.45, 7) is 2.92. The molecule has 1 aliphatic rings. The SMILES string of the molecule is COC(C(=O)NC(CN1CCCC1)c1ccccc1)c1ccc(Cl)c(Cl)c1. The van der Waals surface area contributed by atoms with Crippen LogP contribution in [-0.4, -0.2) is 37.6 Å². The summed E-state index contributed by atoms with van der Waals surface area (Å²) in [5.74, 6) is -0.191. The Morgan fingerprint density at radius 3 is 2.41 bits per heavy atom. The van der Waals surface area contributed by atoms with Gasteiger partial charge in [0, 0.05) is 13.7 Å². The van der Waals surface area contributed by atoms with Crippen LogP contribution >= 0.6 is 23.2 Å². The van der Waals surface area contributed by atoms with Crippen LogP contribution in [-0.2, 0) is 9.53 Å². The molecule has 2 aromatic rings. The van der Waals surface area contributed by atoms with E-state index in [4.69, 9.17) is 27.9 Å². The van der Waals surface area contributed by atoms with Crippen molar-refractivity contribution in [1.29, 1.82) is 0 Å². The number of nitrogens with zero attached hydrogens (tertiary/aromatic N) is 1. The van der Waals surface area contributed by atoms with Crippen molar-refractivity contribution in [2.75, 3.05) is 26.7 Å². The zero-order valence-corrected chi connectivity index (χ0v) is 16.8. The minimum atomic E-state index is -0.746. The molecule has 0 radical (unpaired) electrons. The molecular weight excluding hydrogens is 383 g/mol. The number of nitrogens with one attached hydrogen (secondary N) is 1. The van der Waals surface area contributed by atoms with Crippen LogP contribution in [0, 0.1) is 0 Å². The van der Waals surface area contributed by atoms with E-state index in [1.54, 1.807) is 18.2 Å². The number of ether oxygens (including phenoxy) is 1. The zero-order valence-electron chi connectivity index (χ0n) is 15.3. The van der Waals surface area contributed by atoms with Gasteiger partial charge in [-0.15, -0.1) is 0 Å². The third kappa shape index (κ3) is 5.23. The van der Waals surface area contributed by atoms with Crippen molar-refractivity contribution in [2.24, 2.45) is 0 Å². The van der Waals surface area contributed by atoms with Gasteiger partial charge in [-0.05, 0) is 49.2 Å². The van der Waals surface area contributed by atoms with Crippen LogP contribution < -0.4 is 5.32 Å². The van der Waals surface area contributed by atoms with Crippen LogP contribution in [0.4, 0.5) is 0 Å². The average Bonchev–Trinajstić information content (AvgIpc) is 3.18. The maximum Gasteiger partial charge on any atom is 0.254 e. The van der Waals surface area contributed by atoms with E-state index < -0.39 is 6.10 Å². The Hall–Kier alpha value is -1.59. The smallest absolute Gasteiger partial charge is 0.254 e. The van der Waals surface area contributed by atoms with Crippen molar-refractivity contribution in [1.82, 2.24) is 10.2 Å². The molecule has 0 aliphatic carbocycles. The number of amides is 1. The van der Waals surface area contributed by atoms with E-state index in [1.807, 2.05) is 30.3 Å². The molecule has 144 valence electrons. The number of carbonyl (C=O) groups excluding carboxylic acids is 1. The highest BCUT2D eigenvalue weighted by Crippen LogP contribution is 2.28. The summed E-state index contributed by atoms with van der Waals surface area (Å²) in [5.41, 5.74) is 1.76. The standard InChI is InChI=1S/C21H24Cl2N2O2/c1-27-20(16-9-10-17(22)18(23)13-16)21(26)24-19(14-25-11-5-6-12-25)15-7-3-2-4-8-15/h2-4,7-10,13,19-20H,5-6,11-12,14H2,1H3,(H,24,26). The second-order valence-electron chi connectivity index (χ2n) is 6.77. The van der Waals surface area contributed by atoms with Crippen LogP contribution in [0.1, 0.15) is 36.1 Å². The number of methoxy groups -OCH3 is 1. The van der Waals surface area contributed by atoms with Gasteiger partial charge in [-0.3, -0.25) is 4.79 Å². The molecule has 0 spiro atoms. The minimum Gasteiger partial charge on any atom is -0.367 e. The van der Waals surface area contributed by atoms with E-state index in [9.17, 15) is 4.79 Å². The summed E-state index contributed by atoms with van der Waals surface area (Å²) in [6, 6.07) is 15.1. The molecule has 4 nitrogen and oxygen atoms in total. The van der Waals surface area contributed by atoms with E-state index in [1.165, 1.54) is 20.0 Å². The van der Waals surface area contributed by atoms with Gasteiger partial charge in [0.05, 0.1) is 16.1 Å². The summed E-state index contributed by atoms with van der Waals surface area (Å²) < 4.78 is 5.47. The molecule has 1 N–H and O–H groups in total. The predicted octanol–water partition coefficient (Wildman–Crippen LogP) is 4.63. The van der Waals surface area contributed by atoms with Gasteiger partial charge < -0.3 is 15.0 Å².